The number of hydrogen-bond donors (Lipinski definition) is 1. The van der Waals surface area contributed by atoms with Crippen LogP contribution in [0.2, 0.25) is 0 Å². The minimum atomic E-state index is -2.89. The molecule has 0 saturated carbocycles. The first-order valence-corrected chi connectivity index (χ1v) is 7.01. The molecule has 0 spiro atoms. The molecule has 0 bridgehead atoms. The third kappa shape index (κ3) is 2.70. The van der Waals surface area contributed by atoms with E-state index >= 15 is 0 Å². The Morgan fingerprint density at radius 1 is 1.35 bits per heavy atom. The van der Waals surface area contributed by atoms with Crippen molar-refractivity contribution in [2.45, 2.75) is 12.7 Å². The molecule has 1 aliphatic rings. The van der Waals surface area contributed by atoms with Crippen LogP contribution in [0.25, 0.3) is 0 Å². The molecule has 17 heavy (non-hydrogen) atoms. The minimum absolute atomic E-state index is 0.0535. The van der Waals surface area contributed by atoms with E-state index in [1.807, 2.05) is 0 Å². The lowest BCUT2D eigenvalue weighted by atomic mass is 10.2. The highest BCUT2D eigenvalue weighted by Crippen LogP contribution is 2.30. The van der Waals surface area contributed by atoms with Crippen molar-refractivity contribution in [1.82, 2.24) is 0 Å². The number of aliphatic hydroxyl groups is 1. The largest absolute Gasteiger partial charge is 0.493 e. The van der Waals surface area contributed by atoms with Crippen LogP contribution in [0.4, 0.5) is 0 Å². The van der Waals surface area contributed by atoms with E-state index in [0.29, 0.717) is 11.5 Å². The van der Waals surface area contributed by atoms with E-state index in [1.165, 1.54) is 7.11 Å². The van der Waals surface area contributed by atoms with Crippen molar-refractivity contribution in [3.63, 3.8) is 0 Å². The van der Waals surface area contributed by atoms with Gasteiger partial charge in [-0.05, 0) is 17.7 Å². The van der Waals surface area contributed by atoms with Crippen molar-refractivity contribution in [2.75, 3.05) is 18.6 Å². The summed E-state index contributed by atoms with van der Waals surface area (Å²) in [6, 6.07) is 5.06. The fraction of sp³-hybridized carbons (Fsp3) is 0.455. The summed E-state index contributed by atoms with van der Waals surface area (Å²) in [7, 11) is -1.39. The van der Waals surface area contributed by atoms with Gasteiger partial charge in [-0.1, -0.05) is 6.07 Å². The summed E-state index contributed by atoms with van der Waals surface area (Å²) in [6.07, 6.45) is -0.297. The Morgan fingerprint density at radius 2 is 2.06 bits per heavy atom. The highest BCUT2D eigenvalue weighted by atomic mass is 32.2. The third-order valence-corrected chi connectivity index (χ3v) is 4.34. The summed E-state index contributed by atoms with van der Waals surface area (Å²) in [5.41, 5.74) is 0.718. The van der Waals surface area contributed by atoms with E-state index < -0.39 is 9.84 Å². The van der Waals surface area contributed by atoms with Crippen molar-refractivity contribution >= 4 is 9.84 Å². The van der Waals surface area contributed by atoms with Gasteiger partial charge in [0.25, 0.3) is 0 Å². The molecule has 94 valence electrons. The highest BCUT2D eigenvalue weighted by Gasteiger charge is 2.35. The number of aliphatic hydroxyl groups excluding tert-OH is 1. The van der Waals surface area contributed by atoms with Gasteiger partial charge in [0.1, 0.15) is 6.10 Å². The Morgan fingerprint density at radius 3 is 2.59 bits per heavy atom. The first kappa shape index (κ1) is 12.2. The molecule has 0 radical (unpaired) electrons. The summed E-state index contributed by atoms with van der Waals surface area (Å²) in [5.74, 6) is 1.11. The van der Waals surface area contributed by atoms with Crippen LogP contribution in [0, 0.1) is 0 Å². The van der Waals surface area contributed by atoms with Gasteiger partial charge in [0.05, 0.1) is 25.2 Å². The van der Waals surface area contributed by atoms with E-state index in [9.17, 15) is 8.42 Å². The molecule has 0 atom stereocenters. The zero-order chi connectivity index (χ0) is 12.5. The average molecular weight is 258 g/mol. The van der Waals surface area contributed by atoms with E-state index in [4.69, 9.17) is 14.6 Å². The van der Waals surface area contributed by atoms with Crippen molar-refractivity contribution < 1.29 is 23.0 Å². The molecule has 0 amide bonds. The fourth-order valence-corrected chi connectivity index (χ4v) is 2.84. The van der Waals surface area contributed by atoms with Gasteiger partial charge in [-0.2, -0.15) is 0 Å². The molecule has 1 fully saturated rings. The SMILES string of the molecule is COc1cc(CO)ccc1OC1CS(=O)(=O)C1. The number of rotatable bonds is 4. The van der Waals surface area contributed by atoms with Crippen LogP contribution in [0.3, 0.4) is 0 Å². The molecule has 5 nitrogen and oxygen atoms in total. The van der Waals surface area contributed by atoms with E-state index in [2.05, 4.69) is 0 Å². The van der Waals surface area contributed by atoms with Gasteiger partial charge in [0.2, 0.25) is 0 Å². The lowest BCUT2D eigenvalue weighted by Gasteiger charge is -2.27. The Balaban J connectivity index is 2.11. The highest BCUT2D eigenvalue weighted by molar-refractivity contribution is 7.92. The number of hydrogen-bond acceptors (Lipinski definition) is 5. The maximum absolute atomic E-state index is 11.0. The van der Waals surface area contributed by atoms with Crippen molar-refractivity contribution in [3.8, 4) is 11.5 Å². The Hall–Kier alpha value is -1.27. The number of methoxy groups -OCH3 is 1. The standard InChI is InChI=1S/C11H14O5S/c1-15-11-4-8(5-12)2-3-10(11)16-9-6-17(13,14)7-9/h2-4,9,12H,5-7H2,1H3. The summed E-state index contributed by atoms with van der Waals surface area (Å²) in [4.78, 5) is 0. The lowest BCUT2D eigenvalue weighted by Crippen LogP contribution is -2.45. The van der Waals surface area contributed by atoms with Crippen LogP contribution in [-0.2, 0) is 16.4 Å². The second-order valence-corrected chi connectivity index (χ2v) is 6.11. The van der Waals surface area contributed by atoms with Gasteiger partial charge < -0.3 is 14.6 Å². The van der Waals surface area contributed by atoms with Crippen LogP contribution >= 0.6 is 0 Å². The lowest BCUT2D eigenvalue weighted by molar-refractivity contribution is 0.219. The maximum Gasteiger partial charge on any atom is 0.161 e. The average Bonchev–Trinajstić information content (AvgIpc) is 2.27. The van der Waals surface area contributed by atoms with Gasteiger partial charge in [-0.15, -0.1) is 0 Å². The van der Waals surface area contributed by atoms with Gasteiger partial charge in [-0.3, -0.25) is 0 Å². The maximum atomic E-state index is 11.0. The summed E-state index contributed by atoms with van der Waals surface area (Å²) < 4.78 is 32.6. The van der Waals surface area contributed by atoms with Crippen LogP contribution in [0.1, 0.15) is 5.56 Å². The number of sulfone groups is 1. The monoisotopic (exact) mass is 258 g/mol. The molecule has 1 aliphatic heterocycles. The fourth-order valence-electron chi connectivity index (χ4n) is 1.67. The van der Waals surface area contributed by atoms with Crippen molar-refractivity contribution in [2.24, 2.45) is 0 Å². The quantitative estimate of drug-likeness (QED) is 0.844. The summed E-state index contributed by atoms with van der Waals surface area (Å²) in [5, 5.41) is 8.98. The normalized spacial score (nSPS) is 18.5. The molecule has 0 unspecified atom stereocenters. The molecule has 1 aromatic rings. The molecule has 1 N–H and O–H groups in total. The van der Waals surface area contributed by atoms with Crippen LogP contribution in [0.5, 0.6) is 11.5 Å². The predicted octanol–water partition coefficient (Wildman–Crippen LogP) is 0.363. The second-order valence-electron chi connectivity index (χ2n) is 3.96. The number of ether oxygens (including phenoxy) is 2. The first-order chi connectivity index (χ1) is 8.04. The van der Waals surface area contributed by atoms with E-state index in [0.717, 1.165) is 5.56 Å². The van der Waals surface area contributed by atoms with Crippen LogP contribution < -0.4 is 9.47 Å². The smallest absolute Gasteiger partial charge is 0.161 e. The zero-order valence-corrected chi connectivity index (χ0v) is 10.2. The molecule has 0 aromatic heterocycles. The summed E-state index contributed by atoms with van der Waals surface area (Å²) >= 11 is 0. The molecular weight excluding hydrogens is 244 g/mol. The van der Waals surface area contributed by atoms with Gasteiger partial charge >= 0.3 is 0 Å². The number of benzene rings is 1. The molecular formula is C11H14O5S. The molecule has 1 aromatic carbocycles. The topological polar surface area (TPSA) is 72.8 Å². The molecule has 2 rings (SSSR count). The first-order valence-electron chi connectivity index (χ1n) is 5.19. The minimum Gasteiger partial charge on any atom is -0.493 e. The summed E-state index contributed by atoms with van der Waals surface area (Å²) in [6.45, 7) is -0.0750. The molecule has 0 aliphatic carbocycles. The Bertz CT molecular complexity index is 497. The van der Waals surface area contributed by atoms with Crippen LogP contribution in [-0.4, -0.2) is 38.2 Å². The van der Waals surface area contributed by atoms with Crippen molar-refractivity contribution in [3.05, 3.63) is 23.8 Å². The Labute approximate surface area is 99.9 Å². The van der Waals surface area contributed by atoms with Gasteiger partial charge in [0.15, 0.2) is 21.3 Å². The van der Waals surface area contributed by atoms with Gasteiger partial charge in [0, 0.05) is 0 Å². The van der Waals surface area contributed by atoms with E-state index in [-0.39, 0.29) is 24.2 Å². The third-order valence-electron chi connectivity index (χ3n) is 2.58. The molecule has 1 heterocycles. The predicted molar refractivity (Wildman–Crippen MR) is 62.0 cm³/mol. The second kappa shape index (κ2) is 4.54. The zero-order valence-electron chi connectivity index (χ0n) is 9.42. The molecule has 1 saturated heterocycles. The Kier molecular flexibility index (Phi) is 3.26. The van der Waals surface area contributed by atoms with E-state index in [1.54, 1.807) is 18.2 Å². The van der Waals surface area contributed by atoms with Gasteiger partial charge in [-0.25, -0.2) is 8.42 Å². The molecule has 6 heteroatoms. The van der Waals surface area contributed by atoms with Crippen molar-refractivity contribution in [1.29, 1.82) is 0 Å². The van der Waals surface area contributed by atoms with Crippen LogP contribution in [0.15, 0.2) is 18.2 Å².